The van der Waals surface area contributed by atoms with Crippen molar-refractivity contribution in [2.24, 2.45) is 5.92 Å². The van der Waals surface area contributed by atoms with Gasteiger partial charge in [0.1, 0.15) is 5.82 Å². The largest absolute Gasteiger partial charge is 0.355 e. The quantitative estimate of drug-likeness (QED) is 0.675. The van der Waals surface area contributed by atoms with E-state index in [0.29, 0.717) is 6.54 Å². The average molecular weight is 222 g/mol. The van der Waals surface area contributed by atoms with E-state index >= 15 is 0 Å². The first-order chi connectivity index (χ1) is 7.86. The Hall–Kier alpha value is -1.36. The Kier molecular flexibility index (Phi) is 3.93. The van der Waals surface area contributed by atoms with Crippen molar-refractivity contribution in [3.05, 3.63) is 18.2 Å². The van der Waals surface area contributed by atoms with Gasteiger partial charge >= 0.3 is 0 Å². The highest BCUT2D eigenvalue weighted by atomic mass is 16.1. The number of aromatic nitrogens is 2. The minimum absolute atomic E-state index is 0.144. The number of hydrogen-bond donors (Lipinski definition) is 3. The maximum absolute atomic E-state index is 11.7. The van der Waals surface area contributed by atoms with Crippen LogP contribution >= 0.6 is 0 Å². The highest BCUT2D eigenvalue weighted by molar-refractivity contribution is 5.78. The van der Waals surface area contributed by atoms with Crippen LogP contribution in [0.2, 0.25) is 0 Å². The second-order valence-electron chi connectivity index (χ2n) is 4.12. The van der Waals surface area contributed by atoms with Gasteiger partial charge in [-0.05, 0) is 19.4 Å². The highest BCUT2D eigenvalue weighted by Gasteiger charge is 2.20. The van der Waals surface area contributed by atoms with E-state index in [1.807, 2.05) is 0 Å². The number of nitrogens with one attached hydrogen (secondary N) is 3. The Morgan fingerprint density at radius 2 is 2.56 bits per heavy atom. The van der Waals surface area contributed by atoms with E-state index in [0.717, 1.165) is 38.2 Å². The number of aromatic amines is 1. The molecule has 0 spiro atoms. The third kappa shape index (κ3) is 3.06. The number of hydrogen-bond acceptors (Lipinski definition) is 3. The molecule has 1 aliphatic rings. The first-order valence-corrected chi connectivity index (χ1v) is 5.83. The fourth-order valence-corrected chi connectivity index (χ4v) is 1.96. The molecule has 0 bridgehead atoms. The number of carbonyl (C=O) groups is 1. The number of carbonyl (C=O) groups excluding carboxylic acids is 1. The lowest BCUT2D eigenvalue weighted by atomic mass is 9.99. The van der Waals surface area contributed by atoms with Gasteiger partial charge in [0.05, 0.1) is 5.92 Å². The van der Waals surface area contributed by atoms with Gasteiger partial charge in [-0.3, -0.25) is 4.79 Å². The maximum Gasteiger partial charge on any atom is 0.224 e. The van der Waals surface area contributed by atoms with E-state index in [2.05, 4.69) is 20.6 Å². The fraction of sp³-hybridized carbons (Fsp3) is 0.636. The van der Waals surface area contributed by atoms with Gasteiger partial charge in [-0.15, -0.1) is 0 Å². The van der Waals surface area contributed by atoms with Gasteiger partial charge in [-0.1, -0.05) is 0 Å². The van der Waals surface area contributed by atoms with Crippen LogP contribution in [0.25, 0.3) is 0 Å². The zero-order valence-corrected chi connectivity index (χ0v) is 9.33. The lowest BCUT2D eigenvalue weighted by Gasteiger charge is -2.21. The van der Waals surface area contributed by atoms with Crippen molar-refractivity contribution < 1.29 is 4.79 Å². The van der Waals surface area contributed by atoms with Gasteiger partial charge in [-0.2, -0.15) is 0 Å². The fourth-order valence-electron chi connectivity index (χ4n) is 1.96. The third-order valence-corrected chi connectivity index (χ3v) is 2.88. The summed E-state index contributed by atoms with van der Waals surface area (Å²) in [5.41, 5.74) is 0. The highest BCUT2D eigenvalue weighted by Crippen LogP contribution is 2.09. The molecule has 2 rings (SSSR count). The van der Waals surface area contributed by atoms with Crippen LogP contribution in [0.5, 0.6) is 0 Å². The van der Waals surface area contributed by atoms with Crippen LogP contribution in [0.3, 0.4) is 0 Å². The molecule has 5 nitrogen and oxygen atoms in total. The Morgan fingerprint density at radius 3 is 3.25 bits per heavy atom. The van der Waals surface area contributed by atoms with Crippen LogP contribution in [-0.4, -0.2) is 35.5 Å². The zero-order chi connectivity index (χ0) is 11.2. The number of amides is 1. The average Bonchev–Trinajstić information content (AvgIpc) is 2.83. The van der Waals surface area contributed by atoms with Crippen molar-refractivity contribution in [1.29, 1.82) is 0 Å². The molecule has 16 heavy (non-hydrogen) atoms. The van der Waals surface area contributed by atoms with E-state index in [4.69, 9.17) is 0 Å². The predicted molar refractivity (Wildman–Crippen MR) is 60.9 cm³/mol. The third-order valence-electron chi connectivity index (χ3n) is 2.88. The lowest BCUT2D eigenvalue weighted by molar-refractivity contribution is -0.125. The van der Waals surface area contributed by atoms with Crippen LogP contribution in [0.1, 0.15) is 18.7 Å². The van der Waals surface area contributed by atoms with Gasteiger partial charge < -0.3 is 15.6 Å². The first kappa shape index (κ1) is 11.1. The summed E-state index contributed by atoms with van der Waals surface area (Å²) >= 11 is 0. The first-order valence-electron chi connectivity index (χ1n) is 5.83. The van der Waals surface area contributed by atoms with E-state index in [1.165, 1.54) is 0 Å². The number of nitrogens with zero attached hydrogens (tertiary/aromatic N) is 1. The van der Waals surface area contributed by atoms with Crippen LogP contribution in [-0.2, 0) is 11.2 Å². The van der Waals surface area contributed by atoms with E-state index < -0.39 is 0 Å². The van der Waals surface area contributed by atoms with E-state index in [1.54, 1.807) is 12.4 Å². The van der Waals surface area contributed by atoms with Crippen molar-refractivity contribution in [3.63, 3.8) is 0 Å². The standard InChI is InChI=1S/C11H18N4O/c16-11(9-2-1-4-12-8-9)15-5-3-10-13-6-7-14-10/h6-7,9,12H,1-5,8H2,(H,13,14)(H,15,16)/t9-/m0/s1. The Bertz CT molecular complexity index is 317. The molecule has 0 aromatic carbocycles. The SMILES string of the molecule is O=C(NCCc1ncc[nH]1)[C@H]1CCCNC1. The van der Waals surface area contributed by atoms with Crippen LogP contribution in [0.4, 0.5) is 0 Å². The van der Waals surface area contributed by atoms with E-state index in [9.17, 15) is 4.79 Å². The second-order valence-corrected chi connectivity index (χ2v) is 4.12. The molecular weight excluding hydrogens is 204 g/mol. The topological polar surface area (TPSA) is 69.8 Å². The van der Waals surface area contributed by atoms with Crippen molar-refractivity contribution in [2.75, 3.05) is 19.6 Å². The summed E-state index contributed by atoms with van der Waals surface area (Å²) in [5, 5.41) is 6.19. The van der Waals surface area contributed by atoms with E-state index in [-0.39, 0.29) is 11.8 Å². The van der Waals surface area contributed by atoms with Crippen LogP contribution in [0, 0.1) is 5.92 Å². The normalized spacial score (nSPS) is 20.6. The summed E-state index contributed by atoms with van der Waals surface area (Å²) in [7, 11) is 0. The predicted octanol–water partition coefficient (Wildman–Crippen LogP) is 0.0680. The summed E-state index contributed by atoms with van der Waals surface area (Å²) in [6.45, 7) is 2.51. The second kappa shape index (κ2) is 5.65. The molecule has 0 saturated carbocycles. The minimum Gasteiger partial charge on any atom is -0.355 e. The molecule has 1 saturated heterocycles. The summed E-state index contributed by atoms with van der Waals surface area (Å²) in [4.78, 5) is 18.9. The van der Waals surface area contributed by atoms with Crippen molar-refractivity contribution in [3.8, 4) is 0 Å². The number of piperidine rings is 1. The molecule has 88 valence electrons. The number of rotatable bonds is 4. The van der Waals surface area contributed by atoms with Crippen LogP contribution < -0.4 is 10.6 Å². The van der Waals surface area contributed by atoms with Crippen LogP contribution in [0.15, 0.2) is 12.4 Å². The molecule has 1 aliphatic heterocycles. The molecular formula is C11H18N4O. The summed E-state index contributed by atoms with van der Waals surface area (Å²) in [6, 6.07) is 0. The molecule has 0 unspecified atom stereocenters. The number of imidazole rings is 1. The molecule has 5 heteroatoms. The minimum atomic E-state index is 0.144. The molecule has 0 aliphatic carbocycles. The van der Waals surface area contributed by atoms with Crippen molar-refractivity contribution in [2.45, 2.75) is 19.3 Å². The Labute approximate surface area is 95.0 Å². The Morgan fingerprint density at radius 1 is 1.62 bits per heavy atom. The molecule has 2 heterocycles. The smallest absolute Gasteiger partial charge is 0.224 e. The molecule has 3 N–H and O–H groups in total. The van der Waals surface area contributed by atoms with Gasteiger partial charge in [0.25, 0.3) is 0 Å². The summed E-state index contributed by atoms with van der Waals surface area (Å²) in [6.07, 6.45) is 6.37. The summed E-state index contributed by atoms with van der Waals surface area (Å²) < 4.78 is 0. The molecule has 1 atom stereocenters. The van der Waals surface area contributed by atoms with Gasteiger partial charge in [0.2, 0.25) is 5.91 Å². The molecule has 1 aromatic heterocycles. The zero-order valence-electron chi connectivity index (χ0n) is 9.33. The van der Waals surface area contributed by atoms with Crippen molar-refractivity contribution >= 4 is 5.91 Å². The molecule has 1 aromatic rings. The lowest BCUT2D eigenvalue weighted by Crippen LogP contribution is -2.41. The van der Waals surface area contributed by atoms with Crippen molar-refractivity contribution in [1.82, 2.24) is 20.6 Å². The van der Waals surface area contributed by atoms with Gasteiger partial charge in [0, 0.05) is 31.9 Å². The van der Waals surface area contributed by atoms with Gasteiger partial charge in [-0.25, -0.2) is 4.98 Å². The Balaban J connectivity index is 1.67. The maximum atomic E-state index is 11.7. The van der Waals surface area contributed by atoms with Gasteiger partial charge in [0.15, 0.2) is 0 Å². The summed E-state index contributed by atoms with van der Waals surface area (Å²) in [5.74, 6) is 1.23. The number of H-pyrrole nitrogens is 1. The monoisotopic (exact) mass is 222 g/mol. The molecule has 0 radical (unpaired) electrons. The molecule has 1 amide bonds. The molecule has 1 fully saturated rings.